The Morgan fingerprint density at radius 1 is 1.44 bits per heavy atom. The summed E-state index contributed by atoms with van der Waals surface area (Å²) < 4.78 is 5.14. The minimum absolute atomic E-state index is 0.0822. The molecular formula is C10H12N2O4. The molecule has 1 rings (SSSR count). The zero-order chi connectivity index (χ0) is 12.1. The zero-order valence-electron chi connectivity index (χ0n) is 8.64. The van der Waals surface area contributed by atoms with Gasteiger partial charge in [0.1, 0.15) is 0 Å². The Balaban J connectivity index is 2.64. The molecule has 0 bridgehead atoms. The molecule has 0 spiro atoms. The first-order valence-corrected chi connectivity index (χ1v) is 4.55. The lowest BCUT2D eigenvalue weighted by atomic mass is 10.3. The van der Waals surface area contributed by atoms with Gasteiger partial charge in [0, 0.05) is 0 Å². The van der Waals surface area contributed by atoms with Gasteiger partial charge in [-0.3, -0.25) is 10.1 Å². The molecule has 1 unspecified atom stereocenters. The van der Waals surface area contributed by atoms with Crippen molar-refractivity contribution in [1.82, 2.24) is 5.32 Å². The van der Waals surface area contributed by atoms with E-state index in [-0.39, 0.29) is 11.5 Å². The van der Waals surface area contributed by atoms with E-state index in [0.29, 0.717) is 0 Å². The van der Waals surface area contributed by atoms with Crippen LogP contribution in [0.25, 0.3) is 0 Å². The first kappa shape index (κ1) is 11.8. The molecule has 1 atom stereocenters. The molecule has 0 aliphatic heterocycles. The fraction of sp³-hybridized carbons (Fsp3) is 0.200. The second kappa shape index (κ2) is 5.01. The summed E-state index contributed by atoms with van der Waals surface area (Å²) in [4.78, 5) is 21.7. The lowest BCUT2D eigenvalue weighted by molar-refractivity contribution is -0.126. The summed E-state index contributed by atoms with van der Waals surface area (Å²) in [5.74, 6) is -0.591. The second-order valence-corrected chi connectivity index (χ2v) is 3.08. The number of hydrogen-bond donors (Lipinski definition) is 3. The number of carbonyl (C=O) groups excluding carboxylic acids is 2. The molecule has 0 aliphatic rings. The van der Waals surface area contributed by atoms with Crippen molar-refractivity contribution in [3.63, 3.8) is 0 Å². The highest BCUT2D eigenvalue weighted by molar-refractivity contribution is 5.95. The number of ether oxygens (including phenoxy) is 1. The third-order valence-corrected chi connectivity index (χ3v) is 1.78. The van der Waals surface area contributed by atoms with Gasteiger partial charge >= 0.3 is 6.03 Å². The van der Waals surface area contributed by atoms with E-state index >= 15 is 0 Å². The van der Waals surface area contributed by atoms with Crippen LogP contribution < -0.4 is 15.8 Å². The molecule has 0 aliphatic carbocycles. The Kier molecular flexibility index (Phi) is 3.71. The third-order valence-electron chi connectivity index (χ3n) is 1.78. The number of hydrogen-bond acceptors (Lipinski definition) is 4. The van der Waals surface area contributed by atoms with E-state index in [4.69, 9.17) is 10.5 Å². The highest BCUT2D eigenvalue weighted by Gasteiger charge is 2.17. The van der Waals surface area contributed by atoms with E-state index in [9.17, 15) is 14.7 Å². The molecule has 6 heteroatoms. The van der Waals surface area contributed by atoms with Gasteiger partial charge in [-0.15, -0.1) is 0 Å². The molecule has 0 fully saturated rings. The van der Waals surface area contributed by atoms with Crippen LogP contribution in [0.4, 0.5) is 4.79 Å². The highest BCUT2D eigenvalue weighted by Crippen LogP contribution is 2.25. The Morgan fingerprint density at radius 2 is 2.06 bits per heavy atom. The number of aromatic hydroxyl groups is 1. The standard InChI is InChI=1S/C10H12N2O4/c1-6(9(14)12-10(11)15)16-8-5-3-2-4-7(8)13/h2-6,13H,1H3,(H3,11,12,14,15). The van der Waals surface area contributed by atoms with Gasteiger partial charge in [0.2, 0.25) is 0 Å². The molecule has 0 saturated carbocycles. The molecule has 16 heavy (non-hydrogen) atoms. The van der Waals surface area contributed by atoms with Crippen molar-refractivity contribution >= 4 is 11.9 Å². The van der Waals surface area contributed by atoms with Gasteiger partial charge in [-0.1, -0.05) is 12.1 Å². The number of carbonyl (C=O) groups is 2. The minimum atomic E-state index is -0.947. The van der Waals surface area contributed by atoms with Crippen LogP contribution in [-0.2, 0) is 4.79 Å². The summed E-state index contributed by atoms with van der Waals surface area (Å²) >= 11 is 0. The smallest absolute Gasteiger partial charge is 0.318 e. The van der Waals surface area contributed by atoms with Crippen LogP contribution in [0, 0.1) is 0 Å². The van der Waals surface area contributed by atoms with E-state index in [0.717, 1.165) is 0 Å². The highest BCUT2D eigenvalue weighted by atomic mass is 16.5. The number of amides is 3. The molecule has 0 saturated heterocycles. The minimum Gasteiger partial charge on any atom is -0.504 e. The summed E-state index contributed by atoms with van der Waals surface area (Å²) in [5, 5.41) is 11.3. The van der Waals surface area contributed by atoms with Crippen LogP contribution in [0.3, 0.4) is 0 Å². The number of rotatable bonds is 3. The van der Waals surface area contributed by atoms with Crippen LogP contribution in [0.5, 0.6) is 11.5 Å². The molecule has 1 aromatic rings. The average Bonchev–Trinajstić information content (AvgIpc) is 2.20. The van der Waals surface area contributed by atoms with Gasteiger partial charge in [0.05, 0.1) is 0 Å². The molecule has 86 valence electrons. The lowest BCUT2D eigenvalue weighted by Crippen LogP contribution is -2.42. The Bertz CT molecular complexity index is 406. The summed E-state index contributed by atoms with van der Waals surface area (Å²) in [6, 6.07) is 5.25. The zero-order valence-corrected chi connectivity index (χ0v) is 8.64. The molecule has 6 nitrogen and oxygen atoms in total. The van der Waals surface area contributed by atoms with Gasteiger partial charge in [-0.05, 0) is 19.1 Å². The van der Waals surface area contributed by atoms with Gasteiger partial charge in [0.15, 0.2) is 17.6 Å². The van der Waals surface area contributed by atoms with Crippen LogP contribution in [0.2, 0.25) is 0 Å². The normalized spacial score (nSPS) is 11.6. The summed E-state index contributed by atoms with van der Waals surface area (Å²) in [6.45, 7) is 1.44. The van der Waals surface area contributed by atoms with Crippen molar-refractivity contribution in [3.8, 4) is 11.5 Å². The molecule has 0 aromatic heterocycles. The topological polar surface area (TPSA) is 102 Å². The number of imide groups is 1. The van der Waals surface area contributed by atoms with Crippen LogP contribution in [0.1, 0.15) is 6.92 Å². The Hall–Kier alpha value is -2.24. The van der Waals surface area contributed by atoms with Crippen LogP contribution in [-0.4, -0.2) is 23.1 Å². The van der Waals surface area contributed by atoms with Gasteiger partial charge in [0.25, 0.3) is 5.91 Å². The first-order chi connectivity index (χ1) is 7.50. The molecule has 1 aromatic carbocycles. The van der Waals surface area contributed by atoms with E-state index in [2.05, 4.69) is 0 Å². The van der Waals surface area contributed by atoms with Crippen molar-refractivity contribution in [2.24, 2.45) is 5.73 Å². The number of benzene rings is 1. The van der Waals surface area contributed by atoms with E-state index < -0.39 is 18.0 Å². The van der Waals surface area contributed by atoms with Crippen LogP contribution >= 0.6 is 0 Å². The monoisotopic (exact) mass is 224 g/mol. The predicted molar refractivity (Wildman–Crippen MR) is 55.9 cm³/mol. The fourth-order valence-electron chi connectivity index (χ4n) is 1.02. The number of urea groups is 1. The molecule has 0 heterocycles. The number of nitrogens with two attached hydrogens (primary N) is 1. The lowest BCUT2D eigenvalue weighted by Gasteiger charge is -2.13. The first-order valence-electron chi connectivity index (χ1n) is 4.55. The van der Waals surface area contributed by atoms with Crippen LogP contribution in [0.15, 0.2) is 24.3 Å². The van der Waals surface area contributed by atoms with E-state index in [1.807, 2.05) is 5.32 Å². The number of phenolic OH excluding ortho intramolecular Hbond substituents is 1. The van der Waals surface area contributed by atoms with Crippen molar-refractivity contribution in [1.29, 1.82) is 0 Å². The summed E-state index contributed by atoms with van der Waals surface area (Å²) in [5.41, 5.74) is 4.78. The number of nitrogens with one attached hydrogen (secondary N) is 1. The Labute approximate surface area is 92.0 Å². The SMILES string of the molecule is CC(Oc1ccccc1O)C(=O)NC(N)=O. The average molecular weight is 224 g/mol. The summed E-state index contributed by atoms with van der Waals surface area (Å²) in [7, 11) is 0. The largest absolute Gasteiger partial charge is 0.504 e. The van der Waals surface area contributed by atoms with Crippen molar-refractivity contribution in [2.45, 2.75) is 13.0 Å². The van der Waals surface area contributed by atoms with E-state index in [1.54, 1.807) is 12.1 Å². The van der Waals surface area contributed by atoms with Gasteiger partial charge < -0.3 is 15.6 Å². The Morgan fingerprint density at radius 3 is 2.62 bits per heavy atom. The predicted octanol–water partition coefficient (Wildman–Crippen LogP) is 0.354. The maximum atomic E-state index is 11.3. The van der Waals surface area contributed by atoms with Gasteiger partial charge in [-0.2, -0.15) is 0 Å². The summed E-state index contributed by atoms with van der Waals surface area (Å²) in [6.07, 6.45) is -0.930. The number of para-hydroxylation sites is 2. The van der Waals surface area contributed by atoms with E-state index in [1.165, 1.54) is 19.1 Å². The molecule has 4 N–H and O–H groups in total. The number of primary amides is 1. The van der Waals surface area contributed by atoms with Crippen molar-refractivity contribution in [3.05, 3.63) is 24.3 Å². The molecule has 3 amide bonds. The maximum Gasteiger partial charge on any atom is 0.318 e. The number of phenols is 1. The van der Waals surface area contributed by atoms with Crippen molar-refractivity contribution in [2.75, 3.05) is 0 Å². The van der Waals surface area contributed by atoms with Gasteiger partial charge in [-0.25, -0.2) is 4.79 Å². The third kappa shape index (κ3) is 3.16. The molecule has 0 radical (unpaired) electrons. The maximum absolute atomic E-state index is 11.3. The fourth-order valence-corrected chi connectivity index (χ4v) is 1.02. The van der Waals surface area contributed by atoms with Crippen molar-refractivity contribution < 1.29 is 19.4 Å². The second-order valence-electron chi connectivity index (χ2n) is 3.08. The molecular weight excluding hydrogens is 212 g/mol. The quantitative estimate of drug-likeness (QED) is 0.689.